The van der Waals surface area contributed by atoms with Crippen LogP contribution in [0.1, 0.15) is 47.9 Å². The fourth-order valence-electron chi connectivity index (χ4n) is 3.00. The van der Waals surface area contributed by atoms with Crippen LogP contribution in [0.3, 0.4) is 0 Å². The number of benzene rings is 1. The molecule has 1 aromatic carbocycles. The van der Waals surface area contributed by atoms with Gasteiger partial charge in [0.2, 0.25) is 0 Å². The zero-order valence-corrected chi connectivity index (χ0v) is 12.9. The monoisotopic (exact) mass is 287 g/mol. The van der Waals surface area contributed by atoms with Crippen LogP contribution >= 0.6 is 11.3 Å². The van der Waals surface area contributed by atoms with E-state index >= 15 is 0 Å². The highest BCUT2D eigenvalue weighted by molar-refractivity contribution is 7.10. The summed E-state index contributed by atoms with van der Waals surface area (Å²) in [4.78, 5) is 1.40. The molecule has 0 radical (unpaired) electrons. The molecule has 1 aliphatic rings. The molecule has 0 saturated heterocycles. The van der Waals surface area contributed by atoms with Gasteiger partial charge in [-0.1, -0.05) is 12.1 Å². The maximum atomic E-state index is 5.38. The fourth-order valence-corrected chi connectivity index (χ4v) is 3.74. The second-order valence-corrected chi connectivity index (χ2v) is 6.39. The molecule has 0 spiro atoms. The van der Waals surface area contributed by atoms with Gasteiger partial charge in [0.1, 0.15) is 5.75 Å². The molecule has 3 rings (SSSR count). The molecule has 2 nitrogen and oxygen atoms in total. The minimum atomic E-state index is 0.400. The summed E-state index contributed by atoms with van der Waals surface area (Å²) in [6, 6.07) is 11.7. The Morgan fingerprint density at radius 3 is 3.00 bits per heavy atom. The number of hydrogen-bond acceptors (Lipinski definition) is 3. The molecule has 2 aromatic rings. The predicted molar refractivity (Wildman–Crippen MR) is 84.5 cm³/mol. The van der Waals surface area contributed by atoms with E-state index in [1.807, 2.05) is 11.3 Å². The van der Waals surface area contributed by atoms with E-state index in [4.69, 9.17) is 4.74 Å². The summed E-state index contributed by atoms with van der Waals surface area (Å²) in [5.41, 5.74) is 2.88. The first kappa shape index (κ1) is 13.7. The minimum Gasteiger partial charge on any atom is -0.497 e. The number of hydrogen-bond donors (Lipinski definition) is 1. The summed E-state index contributed by atoms with van der Waals surface area (Å²) in [5.74, 6) is 0.959. The molecule has 106 valence electrons. The number of fused-ring (bicyclic) bond motifs is 1. The Kier molecular flexibility index (Phi) is 4.08. The van der Waals surface area contributed by atoms with Gasteiger partial charge in [-0.25, -0.2) is 0 Å². The third-order valence-electron chi connectivity index (χ3n) is 4.09. The Morgan fingerprint density at radius 2 is 2.25 bits per heavy atom. The second kappa shape index (κ2) is 5.98. The standard InChI is InChI=1S/C17H21NOS/c1-12(17-7-4-10-20-17)18-16-6-3-5-13-8-9-14(19-2)11-15(13)16/h4,7-12,16,18H,3,5-6H2,1-2H3/t12-,16?/m1/s1. The van der Waals surface area contributed by atoms with Gasteiger partial charge in [-0.2, -0.15) is 0 Å². The van der Waals surface area contributed by atoms with Crippen LogP contribution in [-0.2, 0) is 6.42 Å². The lowest BCUT2D eigenvalue weighted by atomic mass is 9.87. The molecule has 0 aliphatic heterocycles. The highest BCUT2D eigenvalue weighted by Gasteiger charge is 2.22. The van der Waals surface area contributed by atoms with Crippen molar-refractivity contribution in [3.8, 4) is 5.75 Å². The molecular weight excluding hydrogens is 266 g/mol. The summed E-state index contributed by atoms with van der Waals surface area (Å²) in [7, 11) is 1.74. The van der Waals surface area contributed by atoms with E-state index in [1.165, 1.54) is 35.3 Å². The Labute approximate surface area is 124 Å². The summed E-state index contributed by atoms with van der Waals surface area (Å²) >= 11 is 1.82. The SMILES string of the molecule is COc1ccc2c(c1)C(N[C@H](C)c1cccs1)CCC2. The summed E-state index contributed by atoms with van der Waals surface area (Å²) in [6.07, 6.45) is 3.65. The zero-order valence-electron chi connectivity index (χ0n) is 12.1. The van der Waals surface area contributed by atoms with Gasteiger partial charge in [0.05, 0.1) is 7.11 Å². The molecule has 2 atom stereocenters. The van der Waals surface area contributed by atoms with Crippen molar-refractivity contribution in [3.63, 3.8) is 0 Å². The summed E-state index contributed by atoms with van der Waals surface area (Å²) in [6.45, 7) is 2.25. The van der Waals surface area contributed by atoms with Crippen LogP contribution < -0.4 is 10.1 Å². The minimum absolute atomic E-state index is 0.400. The Hall–Kier alpha value is -1.32. The Balaban J connectivity index is 1.82. The van der Waals surface area contributed by atoms with Crippen LogP contribution in [0.5, 0.6) is 5.75 Å². The van der Waals surface area contributed by atoms with Crippen molar-refractivity contribution in [3.05, 3.63) is 51.7 Å². The van der Waals surface area contributed by atoms with Gasteiger partial charge in [0.15, 0.2) is 0 Å². The Bertz CT molecular complexity index is 564. The van der Waals surface area contributed by atoms with E-state index in [-0.39, 0.29) is 0 Å². The van der Waals surface area contributed by atoms with Gasteiger partial charge in [0.25, 0.3) is 0 Å². The van der Waals surface area contributed by atoms with Crippen molar-refractivity contribution in [2.24, 2.45) is 0 Å². The molecule has 1 aromatic heterocycles. The quantitative estimate of drug-likeness (QED) is 0.895. The molecule has 3 heteroatoms. The summed E-state index contributed by atoms with van der Waals surface area (Å²) in [5, 5.41) is 5.93. The molecule has 1 aliphatic carbocycles. The molecule has 20 heavy (non-hydrogen) atoms. The predicted octanol–water partition coefficient (Wildman–Crippen LogP) is 4.48. The first-order chi connectivity index (χ1) is 9.78. The topological polar surface area (TPSA) is 21.3 Å². The molecule has 0 fully saturated rings. The van der Waals surface area contributed by atoms with Crippen LogP contribution in [0.4, 0.5) is 0 Å². The van der Waals surface area contributed by atoms with Crippen molar-refractivity contribution < 1.29 is 4.74 Å². The molecule has 0 amide bonds. The zero-order chi connectivity index (χ0) is 13.9. The van der Waals surface area contributed by atoms with Crippen molar-refractivity contribution >= 4 is 11.3 Å². The molecule has 1 N–H and O–H groups in total. The van der Waals surface area contributed by atoms with Crippen LogP contribution in [0.25, 0.3) is 0 Å². The number of nitrogens with one attached hydrogen (secondary N) is 1. The molecule has 0 saturated carbocycles. The molecule has 1 heterocycles. The highest BCUT2D eigenvalue weighted by Crippen LogP contribution is 2.34. The van der Waals surface area contributed by atoms with Crippen LogP contribution in [0.2, 0.25) is 0 Å². The number of ether oxygens (including phenoxy) is 1. The second-order valence-electron chi connectivity index (χ2n) is 5.41. The Morgan fingerprint density at radius 1 is 1.35 bits per heavy atom. The average Bonchev–Trinajstić information content (AvgIpc) is 3.01. The van der Waals surface area contributed by atoms with Gasteiger partial charge in [-0.05, 0) is 60.9 Å². The smallest absolute Gasteiger partial charge is 0.119 e. The molecule has 1 unspecified atom stereocenters. The first-order valence-corrected chi connectivity index (χ1v) is 8.12. The van der Waals surface area contributed by atoms with Crippen molar-refractivity contribution in [2.45, 2.75) is 38.3 Å². The first-order valence-electron chi connectivity index (χ1n) is 7.24. The van der Waals surface area contributed by atoms with E-state index < -0.39 is 0 Å². The van der Waals surface area contributed by atoms with Gasteiger partial charge < -0.3 is 10.1 Å². The third kappa shape index (κ3) is 2.74. The van der Waals surface area contributed by atoms with Crippen molar-refractivity contribution in [1.29, 1.82) is 0 Å². The van der Waals surface area contributed by atoms with Crippen LogP contribution in [-0.4, -0.2) is 7.11 Å². The van der Waals surface area contributed by atoms with Crippen LogP contribution in [0.15, 0.2) is 35.7 Å². The normalized spacial score (nSPS) is 19.4. The highest BCUT2D eigenvalue weighted by atomic mass is 32.1. The van der Waals surface area contributed by atoms with Gasteiger partial charge in [0, 0.05) is 17.0 Å². The van der Waals surface area contributed by atoms with Gasteiger partial charge in [-0.15, -0.1) is 11.3 Å². The number of thiophene rings is 1. The van der Waals surface area contributed by atoms with Crippen LogP contribution in [0, 0.1) is 0 Å². The number of rotatable bonds is 4. The average molecular weight is 287 g/mol. The van der Waals surface area contributed by atoms with E-state index in [1.54, 1.807) is 7.11 Å². The lowest BCUT2D eigenvalue weighted by Gasteiger charge is -2.29. The molecule has 0 bridgehead atoms. The lowest BCUT2D eigenvalue weighted by Crippen LogP contribution is -2.27. The van der Waals surface area contributed by atoms with E-state index in [0.717, 1.165) is 5.75 Å². The lowest BCUT2D eigenvalue weighted by molar-refractivity contribution is 0.400. The van der Waals surface area contributed by atoms with Gasteiger partial charge >= 0.3 is 0 Å². The van der Waals surface area contributed by atoms with Gasteiger partial charge in [-0.3, -0.25) is 0 Å². The maximum Gasteiger partial charge on any atom is 0.119 e. The van der Waals surface area contributed by atoms with Crippen molar-refractivity contribution in [2.75, 3.05) is 7.11 Å². The van der Waals surface area contributed by atoms with E-state index in [0.29, 0.717) is 12.1 Å². The number of aryl methyl sites for hydroxylation is 1. The fraction of sp³-hybridized carbons (Fsp3) is 0.412. The largest absolute Gasteiger partial charge is 0.497 e. The van der Waals surface area contributed by atoms with Crippen molar-refractivity contribution in [1.82, 2.24) is 5.32 Å². The summed E-state index contributed by atoms with van der Waals surface area (Å²) < 4.78 is 5.38. The molecular formula is C17H21NOS. The third-order valence-corrected chi connectivity index (χ3v) is 5.14. The number of methoxy groups -OCH3 is 1. The van der Waals surface area contributed by atoms with E-state index in [9.17, 15) is 0 Å². The van der Waals surface area contributed by atoms with E-state index in [2.05, 4.69) is 48.0 Å². The maximum absolute atomic E-state index is 5.38.